The summed E-state index contributed by atoms with van der Waals surface area (Å²) in [6.45, 7) is 7.64. The van der Waals surface area contributed by atoms with Gasteiger partial charge in [0.2, 0.25) is 5.91 Å². The molecule has 0 aromatic heterocycles. The molecule has 0 radical (unpaired) electrons. The molecule has 1 N–H and O–H groups in total. The van der Waals surface area contributed by atoms with Crippen molar-refractivity contribution in [2.24, 2.45) is 17.8 Å². The lowest BCUT2D eigenvalue weighted by Gasteiger charge is -2.29. The standard InChI is InChI=1S/C18H36N2O/c1-14(2)11-17(13-20(4)5)19-18(21)12-15(3)16-9-7-6-8-10-16/h14-17H,6-13H2,1-5H3,(H,19,21). The second-order valence-electron chi connectivity index (χ2n) is 7.74. The Labute approximate surface area is 131 Å². The molecule has 1 rings (SSSR count). The van der Waals surface area contributed by atoms with Crippen LogP contribution in [-0.4, -0.2) is 37.5 Å². The first-order chi connectivity index (χ1) is 9.88. The third-order valence-electron chi connectivity index (χ3n) is 4.67. The number of hydrogen-bond donors (Lipinski definition) is 1. The third kappa shape index (κ3) is 7.85. The van der Waals surface area contributed by atoms with Crippen LogP contribution in [0, 0.1) is 17.8 Å². The zero-order valence-corrected chi connectivity index (χ0v) is 14.8. The lowest BCUT2D eigenvalue weighted by Crippen LogP contribution is -2.43. The first kappa shape index (κ1) is 18.5. The molecule has 0 spiro atoms. The van der Waals surface area contributed by atoms with Crippen LogP contribution in [0.5, 0.6) is 0 Å². The molecule has 3 nitrogen and oxygen atoms in total. The number of likely N-dealkylation sites (N-methyl/N-ethyl adjacent to an activating group) is 1. The molecule has 0 aliphatic heterocycles. The minimum atomic E-state index is 0.251. The highest BCUT2D eigenvalue weighted by molar-refractivity contribution is 5.76. The lowest BCUT2D eigenvalue weighted by molar-refractivity contribution is -0.123. The quantitative estimate of drug-likeness (QED) is 0.741. The summed E-state index contributed by atoms with van der Waals surface area (Å²) < 4.78 is 0. The maximum absolute atomic E-state index is 12.3. The van der Waals surface area contributed by atoms with E-state index < -0.39 is 0 Å². The first-order valence-electron chi connectivity index (χ1n) is 8.82. The minimum Gasteiger partial charge on any atom is -0.352 e. The van der Waals surface area contributed by atoms with E-state index in [1.807, 2.05) is 0 Å². The van der Waals surface area contributed by atoms with Crippen molar-refractivity contribution in [3.63, 3.8) is 0 Å². The number of hydrogen-bond acceptors (Lipinski definition) is 2. The fourth-order valence-electron chi connectivity index (χ4n) is 3.64. The Morgan fingerprint density at radius 3 is 2.29 bits per heavy atom. The van der Waals surface area contributed by atoms with E-state index in [-0.39, 0.29) is 11.9 Å². The molecule has 124 valence electrons. The number of nitrogens with one attached hydrogen (secondary N) is 1. The molecule has 0 aromatic rings. The molecule has 0 heterocycles. The van der Waals surface area contributed by atoms with E-state index in [0.717, 1.165) is 18.9 Å². The summed E-state index contributed by atoms with van der Waals surface area (Å²) in [7, 11) is 4.15. The van der Waals surface area contributed by atoms with Crippen molar-refractivity contribution in [1.29, 1.82) is 0 Å². The summed E-state index contributed by atoms with van der Waals surface area (Å²) in [6, 6.07) is 0.283. The van der Waals surface area contributed by atoms with Gasteiger partial charge >= 0.3 is 0 Å². The molecular weight excluding hydrogens is 260 g/mol. The highest BCUT2D eigenvalue weighted by Gasteiger charge is 2.23. The first-order valence-corrected chi connectivity index (χ1v) is 8.82. The van der Waals surface area contributed by atoms with Crippen molar-refractivity contribution in [2.75, 3.05) is 20.6 Å². The van der Waals surface area contributed by atoms with Crippen LogP contribution in [0.25, 0.3) is 0 Å². The van der Waals surface area contributed by atoms with Crippen molar-refractivity contribution in [1.82, 2.24) is 10.2 Å². The molecule has 21 heavy (non-hydrogen) atoms. The van der Waals surface area contributed by atoms with Crippen LogP contribution in [-0.2, 0) is 4.79 Å². The van der Waals surface area contributed by atoms with E-state index in [4.69, 9.17) is 0 Å². The largest absolute Gasteiger partial charge is 0.352 e. The SMILES string of the molecule is CC(C)CC(CN(C)C)NC(=O)CC(C)C1CCCCC1. The molecule has 1 aliphatic carbocycles. The number of amides is 1. The molecule has 0 aromatic carbocycles. The summed E-state index contributed by atoms with van der Waals surface area (Å²) in [4.78, 5) is 14.5. The van der Waals surface area contributed by atoms with Crippen LogP contribution in [0.15, 0.2) is 0 Å². The van der Waals surface area contributed by atoms with Gasteiger partial charge in [-0.25, -0.2) is 0 Å². The second kappa shape index (κ2) is 9.45. The van der Waals surface area contributed by atoms with Gasteiger partial charge in [-0.3, -0.25) is 4.79 Å². The van der Waals surface area contributed by atoms with E-state index in [1.54, 1.807) is 0 Å². The maximum atomic E-state index is 12.3. The molecular formula is C18H36N2O. The summed E-state index contributed by atoms with van der Waals surface area (Å²) in [5.74, 6) is 2.16. The third-order valence-corrected chi connectivity index (χ3v) is 4.67. The van der Waals surface area contributed by atoms with Crippen LogP contribution in [0.1, 0.15) is 65.7 Å². The van der Waals surface area contributed by atoms with Crippen LogP contribution in [0.3, 0.4) is 0 Å². The van der Waals surface area contributed by atoms with Gasteiger partial charge in [0.1, 0.15) is 0 Å². The van der Waals surface area contributed by atoms with Crippen molar-refractivity contribution in [3.05, 3.63) is 0 Å². The normalized spacial score (nSPS) is 19.8. The molecule has 3 heteroatoms. The van der Waals surface area contributed by atoms with Gasteiger partial charge in [-0.05, 0) is 38.3 Å². The average Bonchev–Trinajstić information content (AvgIpc) is 2.37. The predicted octanol–water partition coefficient (Wildman–Crippen LogP) is 3.69. The topological polar surface area (TPSA) is 32.3 Å². The Kier molecular flexibility index (Phi) is 8.31. The van der Waals surface area contributed by atoms with Gasteiger partial charge in [-0.15, -0.1) is 0 Å². The zero-order valence-electron chi connectivity index (χ0n) is 14.8. The lowest BCUT2D eigenvalue weighted by atomic mass is 9.79. The Bertz CT molecular complexity index is 286. The molecule has 1 saturated carbocycles. The summed E-state index contributed by atoms with van der Waals surface area (Å²) in [5, 5.41) is 3.27. The Morgan fingerprint density at radius 2 is 1.76 bits per heavy atom. The maximum Gasteiger partial charge on any atom is 0.220 e. The Morgan fingerprint density at radius 1 is 1.14 bits per heavy atom. The number of rotatable bonds is 8. The second-order valence-corrected chi connectivity index (χ2v) is 7.74. The number of carbonyl (C=O) groups is 1. The average molecular weight is 296 g/mol. The van der Waals surface area contributed by atoms with E-state index in [9.17, 15) is 4.79 Å². The highest BCUT2D eigenvalue weighted by atomic mass is 16.1. The number of carbonyl (C=O) groups excluding carboxylic acids is 1. The van der Waals surface area contributed by atoms with Gasteiger partial charge in [0.15, 0.2) is 0 Å². The Balaban J connectivity index is 2.40. The molecule has 0 saturated heterocycles. The monoisotopic (exact) mass is 296 g/mol. The van der Waals surface area contributed by atoms with E-state index in [2.05, 4.69) is 45.1 Å². The van der Waals surface area contributed by atoms with Gasteiger partial charge < -0.3 is 10.2 Å². The molecule has 2 unspecified atom stereocenters. The van der Waals surface area contributed by atoms with Crippen molar-refractivity contribution < 1.29 is 4.79 Å². The molecule has 1 amide bonds. The summed E-state index contributed by atoms with van der Waals surface area (Å²) in [6.07, 6.45) is 8.49. The molecule has 0 bridgehead atoms. The van der Waals surface area contributed by atoms with Crippen LogP contribution >= 0.6 is 0 Å². The highest BCUT2D eigenvalue weighted by Crippen LogP contribution is 2.31. The number of nitrogens with zero attached hydrogens (tertiary/aromatic N) is 1. The fraction of sp³-hybridized carbons (Fsp3) is 0.944. The Hall–Kier alpha value is -0.570. The predicted molar refractivity (Wildman–Crippen MR) is 90.3 cm³/mol. The van der Waals surface area contributed by atoms with Crippen LogP contribution < -0.4 is 5.32 Å². The van der Waals surface area contributed by atoms with Crippen molar-refractivity contribution >= 4 is 5.91 Å². The van der Waals surface area contributed by atoms with Gasteiger partial charge in [-0.2, -0.15) is 0 Å². The van der Waals surface area contributed by atoms with Gasteiger partial charge in [0.05, 0.1) is 0 Å². The fourth-order valence-corrected chi connectivity index (χ4v) is 3.64. The summed E-state index contributed by atoms with van der Waals surface area (Å²) >= 11 is 0. The van der Waals surface area contributed by atoms with Gasteiger partial charge in [0.25, 0.3) is 0 Å². The van der Waals surface area contributed by atoms with Crippen LogP contribution in [0.2, 0.25) is 0 Å². The van der Waals surface area contributed by atoms with Crippen molar-refractivity contribution in [3.8, 4) is 0 Å². The molecule has 1 fully saturated rings. The minimum absolute atomic E-state index is 0.251. The summed E-state index contributed by atoms with van der Waals surface area (Å²) in [5.41, 5.74) is 0. The smallest absolute Gasteiger partial charge is 0.220 e. The van der Waals surface area contributed by atoms with Crippen LogP contribution in [0.4, 0.5) is 0 Å². The van der Waals surface area contributed by atoms with Gasteiger partial charge in [-0.1, -0.05) is 52.9 Å². The van der Waals surface area contributed by atoms with E-state index in [1.165, 1.54) is 32.1 Å². The van der Waals surface area contributed by atoms with Crippen molar-refractivity contribution in [2.45, 2.75) is 71.8 Å². The van der Waals surface area contributed by atoms with E-state index >= 15 is 0 Å². The van der Waals surface area contributed by atoms with Gasteiger partial charge in [0, 0.05) is 19.0 Å². The molecule has 2 atom stereocenters. The van der Waals surface area contributed by atoms with E-state index in [0.29, 0.717) is 18.3 Å². The molecule has 1 aliphatic rings. The zero-order chi connectivity index (χ0) is 15.8.